The monoisotopic (exact) mass is 401 g/mol. The van der Waals surface area contributed by atoms with Crippen LogP contribution in [-0.4, -0.2) is 30.0 Å². The quantitative estimate of drug-likeness (QED) is 0.827. The van der Waals surface area contributed by atoms with Crippen LogP contribution >= 0.6 is 0 Å². The molecule has 6 heteroatoms. The summed E-state index contributed by atoms with van der Waals surface area (Å²) in [6, 6.07) is 7.71. The Morgan fingerprint density at radius 2 is 1.97 bits per heavy atom. The van der Waals surface area contributed by atoms with Gasteiger partial charge in [-0.15, -0.1) is 0 Å². The van der Waals surface area contributed by atoms with E-state index >= 15 is 0 Å². The molecule has 152 valence electrons. The molecule has 5 rings (SSSR count). The first-order valence-corrected chi connectivity index (χ1v) is 10.4. The summed E-state index contributed by atoms with van der Waals surface area (Å²) in [6.45, 7) is 2.33. The summed E-state index contributed by atoms with van der Waals surface area (Å²) < 4.78 is 0. The van der Waals surface area contributed by atoms with Gasteiger partial charge in [0.15, 0.2) is 0 Å². The number of allylic oxidation sites excluding steroid dienone is 3. The molecule has 4 aliphatic rings. The molecule has 0 radical (unpaired) electrons. The summed E-state index contributed by atoms with van der Waals surface area (Å²) in [5, 5.41) is 2.96. The predicted octanol–water partition coefficient (Wildman–Crippen LogP) is 3.00. The number of nitrogens with zero attached hydrogens (tertiary/aromatic N) is 2. The van der Waals surface area contributed by atoms with Crippen molar-refractivity contribution in [3.8, 4) is 0 Å². The first kappa shape index (κ1) is 18.7. The molecule has 0 bridgehead atoms. The Hall–Kier alpha value is -3.28. The van der Waals surface area contributed by atoms with E-state index in [9.17, 15) is 14.4 Å². The van der Waals surface area contributed by atoms with E-state index in [0.717, 1.165) is 41.8 Å². The van der Waals surface area contributed by atoms with Crippen LogP contribution in [0.25, 0.3) is 0 Å². The molecule has 3 amide bonds. The lowest BCUT2D eigenvalue weighted by molar-refractivity contribution is -0.123. The molecule has 6 nitrogen and oxygen atoms in total. The van der Waals surface area contributed by atoms with E-state index in [1.807, 2.05) is 43.3 Å². The zero-order valence-corrected chi connectivity index (χ0v) is 16.9. The zero-order chi connectivity index (χ0) is 20.8. The lowest BCUT2D eigenvalue weighted by Gasteiger charge is -2.28. The number of hydrogen-bond donors (Lipinski definition) is 1. The van der Waals surface area contributed by atoms with Gasteiger partial charge in [-0.05, 0) is 56.0 Å². The van der Waals surface area contributed by atoms with Crippen LogP contribution in [-0.2, 0) is 14.4 Å². The number of amides is 3. The van der Waals surface area contributed by atoms with E-state index in [1.54, 1.807) is 11.0 Å². The van der Waals surface area contributed by atoms with E-state index in [-0.39, 0.29) is 30.1 Å². The summed E-state index contributed by atoms with van der Waals surface area (Å²) in [5.41, 5.74) is 5.35. The fourth-order valence-electron chi connectivity index (χ4n) is 4.72. The van der Waals surface area contributed by atoms with Crippen molar-refractivity contribution in [3.63, 3.8) is 0 Å². The van der Waals surface area contributed by atoms with Gasteiger partial charge >= 0.3 is 0 Å². The molecule has 2 unspecified atom stereocenters. The van der Waals surface area contributed by atoms with Gasteiger partial charge in [-0.25, -0.2) is 4.99 Å². The molecular weight excluding hydrogens is 378 g/mol. The molecule has 2 heterocycles. The minimum absolute atomic E-state index is 0.0268. The highest BCUT2D eigenvalue weighted by atomic mass is 16.2. The molecule has 1 saturated heterocycles. The van der Waals surface area contributed by atoms with Crippen molar-refractivity contribution in [2.45, 2.75) is 32.6 Å². The van der Waals surface area contributed by atoms with Crippen LogP contribution in [0.1, 0.15) is 31.2 Å². The summed E-state index contributed by atoms with van der Waals surface area (Å²) in [6.07, 6.45) is 8.62. The van der Waals surface area contributed by atoms with Gasteiger partial charge in [-0.2, -0.15) is 0 Å². The molecule has 2 atom stereocenters. The van der Waals surface area contributed by atoms with Crippen molar-refractivity contribution in [2.24, 2.45) is 16.8 Å². The third-order valence-corrected chi connectivity index (χ3v) is 6.32. The average Bonchev–Trinajstić information content (AvgIpc) is 3.36. The van der Waals surface area contributed by atoms with Crippen molar-refractivity contribution in [1.82, 2.24) is 5.32 Å². The maximum absolute atomic E-state index is 12.8. The van der Waals surface area contributed by atoms with Crippen LogP contribution in [0.4, 0.5) is 5.69 Å². The first-order chi connectivity index (χ1) is 14.5. The SMILES string of the molecule is Cc1ccc(N2CC(C(=O)N=C3C=CC4C(=C3)NC(=O)C3=C4CCC3)CC2=O)cc1. The molecule has 1 N–H and O–H groups in total. The fraction of sp³-hybridized carbons (Fsp3) is 0.333. The van der Waals surface area contributed by atoms with Crippen molar-refractivity contribution in [1.29, 1.82) is 0 Å². The van der Waals surface area contributed by atoms with Crippen molar-refractivity contribution >= 4 is 29.1 Å². The molecular formula is C24H23N3O3. The minimum Gasteiger partial charge on any atom is -0.325 e. The summed E-state index contributed by atoms with van der Waals surface area (Å²) in [5.74, 6) is -0.757. The number of benzene rings is 1. The normalized spacial score (nSPS) is 26.6. The average molecular weight is 401 g/mol. The molecule has 1 aromatic carbocycles. The van der Waals surface area contributed by atoms with Crippen LogP contribution < -0.4 is 10.2 Å². The maximum atomic E-state index is 12.8. The lowest BCUT2D eigenvalue weighted by Crippen LogP contribution is -2.35. The van der Waals surface area contributed by atoms with Crippen molar-refractivity contribution < 1.29 is 14.4 Å². The zero-order valence-electron chi connectivity index (χ0n) is 16.9. The standard InChI is InChI=1S/C24H23N3O3/c1-14-5-8-17(9-6-14)27-13-15(11-22(27)28)23(29)25-16-7-10-19-18-3-2-4-20(18)24(30)26-21(19)12-16/h5-10,12,15,19H,2-4,11,13H2,1H3,(H,26,30). The largest absolute Gasteiger partial charge is 0.325 e. The topological polar surface area (TPSA) is 78.8 Å². The number of aryl methyl sites for hydroxylation is 1. The number of fused-ring (bicyclic) bond motifs is 2. The van der Waals surface area contributed by atoms with Crippen LogP contribution in [0.15, 0.2) is 64.3 Å². The van der Waals surface area contributed by atoms with Crippen LogP contribution in [0.2, 0.25) is 0 Å². The first-order valence-electron chi connectivity index (χ1n) is 10.4. The third kappa shape index (κ3) is 3.22. The Labute approximate surface area is 175 Å². The van der Waals surface area contributed by atoms with Gasteiger partial charge in [0.1, 0.15) is 0 Å². The van der Waals surface area contributed by atoms with E-state index < -0.39 is 5.92 Å². The molecule has 2 aliphatic heterocycles. The Morgan fingerprint density at radius 1 is 1.17 bits per heavy atom. The number of rotatable bonds is 2. The van der Waals surface area contributed by atoms with Gasteiger partial charge in [0.25, 0.3) is 11.8 Å². The highest BCUT2D eigenvalue weighted by Crippen LogP contribution is 2.39. The van der Waals surface area contributed by atoms with Gasteiger partial charge in [0.05, 0.1) is 11.6 Å². The van der Waals surface area contributed by atoms with Gasteiger partial charge in [0.2, 0.25) is 5.91 Å². The fourth-order valence-corrected chi connectivity index (χ4v) is 4.72. The number of carbonyl (C=O) groups excluding carboxylic acids is 3. The predicted molar refractivity (Wildman–Crippen MR) is 114 cm³/mol. The summed E-state index contributed by atoms with van der Waals surface area (Å²) in [7, 11) is 0. The van der Waals surface area contributed by atoms with Crippen LogP contribution in [0, 0.1) is 18.8 Å². The van der Waals surface area contributed by atoms with E-state index in [4.69, 9.17) is 0 Å². The van der Waals surface area contributed by atoms with Gasteiger partial charge in [-0.1, -0.05) is 23.8 Å². The molecule has 30 heavy (non-hydrogen) atoms. The van der Waals surface area contributed by atoms with Crippen molar-refractivity contribution in [2.75, 3.05) is 11.4 Å². The highest BCUT2D eigenvalue weighted by molar-refractivity contribution is 6.13. The van der Waals surface area contributed by atoms with Crippen LogP contribution in [0.5, 0.6) is 0 Å². The van der Waals surface area contributed by atoms with Crippen molar-refractivity contribution in [3.05, 3.63) is 64.9 Å². The lowest BCUT2D eigenvalue weighted by atomic mass is 9.85. The number of hydrogen-bond acceptors (Lipinski definition) is 3. The van der Waals surface area contributed by atoms with Gasteiger partial charge in [-0.3, -0.25) is 14.4 Å². The Bertz CT molecular complexity index is 1080. The third-order valence-electron chi connectivity index (χ3n) is 6.32. The number of anilines is 1. The molecule has 0 spiro atoms. The Balaban J connectivity index is 1.32. The minimum atomic E-state index is -0.457. The number of aliphatic imine (C=N–C) groups is 1. The van der Waals surface area contributed by atoms with Crippen LogP contribution in [0.3, 0.4) is 0 Å². The van der Waals surface area contributed by atoms with Gasteiger partial charge < -0.3 is 10.2 Å². The molecule has 1 aromatic rings. The number of nitrogens with one attached hydrogen (secondary N) is 1. The Kier molecular flexibility index (Phi) is 4.50. The highest BCUT2D eigenvalue weighted by Gasteiger charge is 2.36. The second kappa shape index (κ2) is 7.20. The molecule has 2 aliphatic carbocycles. The summed E-state index contributed by atoms with van der Waals surface area (Å²) >= 11 is 0. The smallest absolute Gasteiger partial charge is 0.251 e. The summed E-state index contributed by atoms with van der Waals surface area (Å²) in [4.78, 5) is 43.4. The van der Waals surface area contributed by atoms with E-state index in [0.29, 0.717) is 12.3 Å². The second-order valence-corrected chi connectivity index (χ2v) is 8.36. The Morgan fingerprint density at radius 3 is 2.77 bits per heavy atom. The number of carbonyl (C=O) groups is 3. The molecule has 0 aromatic heterocycles. The maximum Gasteiger partial charge on any atom is 0.251 e. The van der Waals surface area contributed by atoms with E-state index in [1.165, 1.54) is 5.57 Å². The molecule has 1 fully saturated rings. The molecule has 0 saturated carbocycles. The van der Waals surface area contributed by atoms with E-state index in [2.05, 4.69) is 10.3 Å². The second-order valence-electron chi connectivity index (χ2n) is 8.36. The van der Waals surface area contributed by atoms with Gasteiger partial charge in [0, 0.05) is 35.8 Å².